The quantitative estimate of drug-likeness (QED) is 0.729. The molecule has 2 aromatic rings. The third-order valence-corrected chi connectivity index (χ3v) is 6.03. The molecule has 1 unspecified atom stereocenters. The smallest absolute Gasteiger partial charge is 0.148 e. The van der Waals surface area contributed by atoms with Gasteiger partial charge in [-0.3, -0.25) is 9.88 Å². The monoisotopic (exact) mass is 370 g/mol. The first kappa shape index (κ1) is 17.8. The molecule has 2 fully saturated rings. The molecule has 0 spiro atoms. The van der Waals surface area contributed by atoms with E-state index in [9.17, 15) is 0 Å². The van der Waals surface area contributed by atoms with Crippen molar-refractivity contribution in [3.8, 4) is 0 Å². The van der Waals surface area contributed by atoms with Gasteiger partial charge in [-0.25, -0.2) is 4.98 Å². The molecule has 2 aliphatic rings. The van der Waals surface area contributed by atoms with Crippen LogP contribution in [0, 0.1) is 5.92 Å². The van der Waals surface area contributed by atoms with E-state index in [0.717, 1.165) is 61.9 Å². The van der Waals surface area contributed by atoms with Gasteiger partial charge in [0.25, 0.3) is 0 Å². The van der Waals surface area contributed by atoms with Crippen LogP contribution < -0.4 is 4.90 Å². The number of nitrogens with zero attached hydrogens (tertiary/aromatic N) is 4. The lowest BCUT2D eigenvalue weighted by Crippen LogP contribution is -2.39. The van der Waals surface area contributed by atoms with Crippen molar-refractivity contribution in [2.45, 2.75) is 17.2 Å². The first-order valence-corrected chi connectivity index (χ1v) is 10.4. The Bertz CT molecular complexity index is 693. The van der Waals surface area contributed by atoms with Crippen LogP contribution in [0.3, 0.4) is 0 Å². The first-order valence-electron chi connectivity index (χ1n) is 9.40. The van der Waals surface area contributed by atoms with Crippen LogP contribution in [0.25, 0.3) is 0 Å². The fourth-order valence-corrected chi connectivity index (χ4v) is 4.43. The topological polar surface area (TPSA) is 41.5 Å². The summed E-state index contributed by atoms with van der Waals surface area (Å²) < 4.78 is 5.45. The number of ether oxygens (including phenoxy) is 1. The summed E-state index contributed by atoms with van der Waals surface area (Å²) in [7, 11) is 0. The third kappa shape index (κ3) is 4.75. The molecule has 0 bridgehead atoms. The van der Waals surface area contributed by atoms with Crippen molar-refractivity contribution < 1.29 is 4.74 Å². The number of thioether (sulfide) groups is 1. The Balaban J connectivity index is 1.31. The minimum absolute atomic E-state index is 0.718. The number of anilines is 1. The largest absolute Gasteiger partial charge is 0.379 e. The summed E-state index contributed by atoms with van der Waals surface area (Å²) in [5.74, 6) is 2.67. The van der Waals surface area contributed by atoms with Gasteiger partial charge in [0.05, 0.1) is 25.6 Å². The van der Waals surface area contributed by atoms with Gasteiger partial charge in [-0.2, -0.15) is 0 Å². The van der Waals surface area contributed by atoms with E-state index in [0.29, 0.717) is 0 Å². The van der Waals surface area contributed by atoms with Gasteiger partial charge >= 0.3 is 0 Å². The summed E-state index contributed by atoms with van der Waals surface area (Å²) in [6, 6.07) is 10.5. The highest BCUT2D eigenvalue weighted by atomic mass is 32.2. The van der Waals surface area contributed by atoms with Crippen LogP contribution in [0.15, 0.2) is 47.8 Å². The van der Waals surface area contributed by atoms with Crippen LogP contribution in [0.4, 0.5) is 5.82 Å². The second-order valence-electron chi connectivity index (χ2n) is 7.00. The zero-order valence-electron chi connectivity index (χ0n) is 15.1. The van der Waals surface area contributed by atoms with Crippen LogP contribution in [-0.2, 0) is 10.5 Å². The van der Waals surface area contributed by atoms with Gasteiger partial charge in [-0.15, -0.1) is 11.8 Å². The van der Waals surface area contributed by atoms with Crippen molar-refractivity contribution >= 4 is 17.6 Å². The zero-order chi connectivity index (χ0) is 17.6. The molecule has 2 aliphatic heterocycles. The van der Waals surface area contributed by atoms with E-state index >= 15 is 0 Å². The van der Waals surface area contributed by atoms with Gasteiger partial charge in [0.1, 0.15) is 10.8 Å². The van der Waals surface area contributed by atoms with Crippen LogP contribution >= 0.6 is 11.8 Å². The van der Waals surface area contributed by atoms with E-state index in [2.05, 4.69) is 45.1 Å². The van der Waals surface area contributed by atoms with Gasteiger partial charge in [-0.05, 0) is 17.9 Å². The average Bonchev–Trinajstić information content (AvgIpc) is 3.17. The highest BCUT2D eigenvalue weighted by Gasteiger charge is 2.26. The minimum atomic E-state index is 0.718. The summed E-state index contributed by atoms with van der Waals surface area (Å²) in [5.41, 5.74) is 1.32. The Kier molecular flexibility index (Phi) is 6.04. The average molecular weight is 371 g/mol. The van der Waals surface area contributed by atoms with Crippen LogP contribution in [0.2, 0.25) is 0 Å². The molecule has 4 rings (SSSR count). The Morgan fingerprint density at radius 3 is 2.77 bits per heavy atom. The predicted molar refractivity (Wildman–Crippen MR) is 106 cm³/mol. The standard InChI is InChI=1S/C20H26N4OS/c1-2-4-17(5-3-1)16-26-20-13-21-12-19(22-20)24-7-6-18(15-24)14-23-8-10-25-11-9-23/h1-5,12-13,18H,6-11,14-16H2. The number of hydrogen-bond donors (Lipinski definition) is 0. The molecule has 0 amide bonds. The molecular formula is C20H26N4OS. The lowest BCUT2D eigenvalue weighted by molar-refractivity contribution is 0.0320. The Hall–Kier alpha value is -1.63. The van der Waals surface area contributed by atoms with Gasteiger partial charge in [0, 0.05) is 38.5 Å². The van der Waals surface area contributed by atoms with Gasteiger partial charge in [-0.1, -0.05) is 30.3 Å². The van der Waals surface area contributed by atoms with Crippen molar-refractivity contribution in [1.82, 2.24) is 14.9 Å². The van der Waals surface area contributed by atoms with Crippen molar-refractivity contribution in [3.05, 3.63) is 48.3 Å². The van der Waals surface area contributed by atoms with Crippen molar-refractivity contribution in [3.63, 3.8) is 0 Å². The fraction of sp³-hybridized carbons (Fsp3) is 0.500. The normalized spacial score (nSPS) is 21.2. The molecule has 6 heteroatoms. The molecule has 0 radical (unpaired) electrons. The molecule has 2 saturated heterocycles. The lowest BCUT2D eigenvalue weighted by atomic mass is 10.1. The third-order valence-electron chi connectivity index (χ3n) is 5.06. The molecule has 26 heavy (non-hydrogen) atoms. The van der Waals surface area contributed by atoms with Crippen LogP contribution in [-0.4, -0.2) is 60.8 Å². The molecular weight excluding hydrogens is 344 g/mol. The van der Waals surface area contributed by atoms with Crippen molar-refractivity contribution in [1.29, 1.82) is 0 Å². The van der Waals surface area contributed by atoms with Gasteiger partial charge in [0.15, 0.2) is 0 Å². The number of benzene rings is 1. The highest BCUT2D eigenvalue weighted by molar-refractivity contribution is 7.98. The second kappa shape index (κ2) is 8.84. The Morgan fingerprint density at radius 1 is 1.08 bits per heavy atom. The zero-order valence-corrected chi connectivity index (χ0v) is 15.9. The highest BCUT2D eigenvalue weighted by Crippen LogP contribution is 2.26. The Labute approximate surface area is 159 Å². The lowest BCUT2D eigenvalue weighted by Gasteiger charge is -2.29. The summed E-state index contributed by atoms with van der Waals surface area (Å²) >= 11 is 1.75. The second-order valence-corrected chi connectivity index (χ2v) is 8.00. The van der Waals surface area contributed by atoms with E-state index in [4.69, 9.17) is 9.72 Å². The first-order chi connectivity index (χ1) is 12.9. The molecule has 1 aromatic heterocycles. The molecule has 3 heterocycles. The molecule has 0 N–H and O–H groups in total. The number of aromatic nitrogens is 2. The molecule has 1 aromatic carbocycles. The van der Waals surface area contributed by atoms with E-state index in [1.807, 2.05) is 12.4 Å². The maximum atomic E-state index is 5.45. The summed E-state index contributed by atoms with van der Waals surface area (Å²) in [5, 5.41) is 1.00. The van der Waals surface area contributed by atoms with Gasteiger partial charge < -0.3 is 9.64 Å². The number of hydrogen-bond acceptors (Lipinski definition) is 6. The molecule has 5 nitrogen and oxygen atoms in total. The molecule has 1 atom stereocenters. The van der Waals surface area contributed by atoms with E-state index in [-0.39, 0.29) is 0 Å². The number of rotatable bonds is 6. The molecule has 0 saturated carbocycles. The summed E-state index contributed by atoms with van der Waals surface area (Å²) in [6.45, 7) is 7.24. The maximum Gasteiger partial charge on any atom is 0.148 e. The van der Waals surface area contributed by atoms with E-state index in [1.165, 1.54) is 18.5 Å². The van der Waals surface area contributed by atoms with Crippen molar-refractivity contribution in [2.24, 2.45) is 5.92 Å². The maximum absolute atomic E-state index is 5.45. The van der Waals surface area contributed by atoms with E-state index in [1.54, 1.807) is 11.8 Å². The van der Waals surface area contributed by atoms with Gasteiger partial charge in [0.2, 0.25) is 0 Å². The van der Waals surface area contributed by atoms with Crippen LogP contribution in [0.5, 0.6) is 0 Å². The number of morpholine rings is 1. The fourth-order valence-electron chi connectivity index (χ4n) is 3.63. The molecule has 138 valence electrons. The Morgan fingerprint density at radius 2 is 1.92 bits per heavy atom. The van der Waals surface area contributed by atoms with Crippen LogP contribution in [0.1, 0.15) is 12.0 Å². The SMILES string of the molecule is c1ccc(CSc2cncc(N3CCC(CN4CCOCC4)C3)n2)cc1. The summed E-state index contributed by atoms with van der Waals surface area (Å²) in [6.07, 6.45) is 5.02. The molecule has 0 aliphatic carbocycles. The van der Waals surface area contributed by atoms with Crippen molar-refractivity contribution in [2.75, 3.05) is 50.8 Å². The summed E-state index contributed by atoms with van der Waals surface area (Å²) in [4.78, 5) is 14.2. The van der Waals surface area contributed by atoms with E-state index < -0.39 is 0 Å². The minimum Gasteiger partial charge on any atom is -0.379 e. The predicted octanol–water partition coefficient (Wildman–Crippen LogP) is 2.93.